The Morgan fingerprint density at radius 1 is 0.975 bits per heavy atom. The number of carbonyl (C=O) groups is 3. The molecule has 3 amide bonds. The van der Waals surface area contributed by atoms with Crippen LogP contribution in [-0.4, -0.2) is 86.6 Å². The van der Waals surface area contributed by atoms with E-state index < -0.39 is 35.1 Å². The van der Waals surface area contributed by atoms with Gasteiger partial charge in [0.05, 0.1) is 30.1 Å². The van der Waals surface area contributed by atoms with Gasteiger partial charge in [0.15, 0.2) is 0 Å². The van der Waals surface area contributed by atoms with E-state index in [4.69, 9.17) is 4.74 Å². The van der Waals surface area contributed by atoms with Gasteiger partial charge in [-0.3, -0.25) is 14.4 Å². The summed E-state index contributed by atoms with van der Waals surface area (Å²) >= 11 is 0. The Labute approximate surface area is 237 Å². The van der Waals surface area contributed by atoms with Crippen LogP contribution in [0.15, 0.2) is 54.6 Å². The summed E-state index contributed by atoms with van der Waals surface area (Å²) in [5.41, 5.74) is -1.37. The van der Waals surface area contributed by atoms with E-state index in [2.05, 4.69) is 6.92 Å². The molecular weight excluding hydrogens is 506 g/mol. The smallest absolute Gasteiger partial charge is 0.249 e. The van der Waals surface area contributed by atoms with Crippen molar-refractivity contribution in [2.24, 2.45) is 17.8 Å². The molecule has 1 N–H and O–H groups in total. The van der Waals surface area contributed by atoms with Gasteiger partial charge >= 0.3 is 0 Å². The number of hydrogen-bond donors (Lipinski definition) is 1. The van der Waals surface area contributed by atoms with E-state index in [0.717, 1.165) is 18.4 Å². The SMILES string of the molecule is CCCC(C)N1CC=C[C@]23O[C@@]4(C)C=CCN(Cc5ccccc5)C(=O)[C@H]4[C@H]2C(=O)N([C@@H](CO)C(C)C)C3C1=O. The number of nitrogens with zero attached hydrogens (tertiary/aromatic N) is 3. The second kappa shape index (κ2) is 10.8. The monoisotopic (exact) mass is 549 g/mol. The molecule has 5 rings (SSSR count). The Morgan fingerprint density at radius 3 is 2.33 bits per heavy atom. The number of likely N-dealkylation sites (tertiary alicyclic amines) is 1. The molecule has 1 aromatic rings. The van der Waals surface area contributed by atoms with E-state index in [1.54, 1.807) is 9.80 Å². The maximum atomic E-state index is 14.6. The molecule has 7 atom stereocenters. The normalized spacial score (nSPS) is 33.1. The van der Waals surface area contributed by atoms with Gasteiger partial charge < -0.3 is 24.5 Å². The average Bonchev–Trinajstić information content (AvgIpc) is 3.18. The lowest BCUT2D eigenvalue weighted by atomic mass is 9.74. The maximum Gasteiger partial charge on any atom is 0.249 e. The minimum atomic E-state index is -1.31. The van der Waals surface area contributed by atoms with Gasteiger partial charge in [0.1, 0.15) is 11.6 Å². The van der Waals surface area contributed by atoms with Crippen molar-refractivity contribution >= 4 is 17.7 Å². The first-order valence-corrected chi connectivity index (χ1v) is 14.7. The summed E-state index contributed by atoms with van der Waals surface area (Å²) in [7, 11) is 0. The number of carbonyl (C=O) groups excluding carboxylic acids is 3. The van der Waals surface area contributed by atoms with Gasteiger partial charge in [0.2, 0.25) is 17.7 Å². The highest BCUT2D eigenvalue weighted by atomic mass is 16.5. The number of ether oxygens (including phenoxy) is 1. The van der Waals surface area contributed by atoms with Crippen LogP contribution in [0.4, 0.5) is 0 Å². The molecule has 8 nitrogen and oxygen atoms in total. The van der Waals surface area contributed by atoms with Crippen LogP contribution in [0.3, 0.4) is 0 Å². The number of rotatable bonds is 8. The fourth-order valence-corrected chi connectivity index (χ4v) is 7.42. The molecule has 1 aromatic carbocycles. The molecule has 40 heavy (non-hydrogen) atoms. The molecular formula is C32H43N3O5. The van der Waals surface area contributed by atoms with Crippen molar-refractivity contribution in [2.75, 3.05) is 19.7 Å². The highest BCUT2D eigenvalue weighted by molar-refractivity contribution is 6.00. The maximum absolute atomic E-state index is 14.6. The van der Waals surface area contributed by atoms with Gasteiger partial charge in [0.25, 0.3) is 0 Å². The van der Waals surface area contributed by atoms with Crippen molar-refractivity contribution in [3.8, 4) is 0 Å². The van der Waals surface area contributed by atoms with E-state index in [0.29, 0.717) is 19.6 Å². The molecule has 2 saturated heterocycles. The lowest BCUT2D eigenvalue weighted by Gasteiger charge is -2.42. The van der Waals surface area contributed by atoms with Crippen LogP contribution >= 0.6 is 0 Å². The van der Waals surface area contributed by atoms with E-state index in [-0.39, 0.29) is 36.3 Å². The Bertz CT molecular complexity index is 1200. The Balaban J connectivity index is 1.62. The van der Waals surface area contributed by atoms with Crippen LogP contribution in [0.5, 0.6) is 0 Å². The van der Waals surface area contributed by atoms with Crippen LogP contribution in [0.1, 0.15) is 53.0 Å². The molecule has 1 spiro atoms. The van der Waals surface area contributed by atoms with Gasteiger partial charge in [0, 0.05) is 25.7 Å². The predicted octanol–water partition coefficient (Wildman–Crippen LogP) is 3.16. The molecule has 4 aliphatic rings. The van der Waals surface area contributed by atoms with Crippen molar-refractivity contribution in [1.82, 2.24) is 14.7 Å². The molecule has 216 valence electrons. The fourth-order valence-electron chi connectivity index (χ4n) is 7.42. The molecule has 2 fully saturated rings. The van der Waals surface area contributed by atoms with Gasteiger partial charge in [-0.05, 0) is 31.7 Å². The summed E-state index contributed by atoms with van der Waals surface area (Å²) in [4.78, 5) is 48.6. The summed E-state index contributed by atoms with van der Waals surface area (Å²) in [5, 5.41) is 10.5. The Hall–Kier alpha value is -2.97. The largest absolute Gasteiger partial charge is 0.394 e. The van der Waals surface area contributed by atoms with Crippen LogP contribution in [0.2, 0.25) is 0 Å². The molecule has 0 aromatic heterocycles. The first-order chi connectivity index (χ1) is 19.1. The van der Waals surface area contributed by atoms with Crippen molar-refractivity contribution in [3.63, 3.8) is 0 Å². The third-order valence-electron chi connectivity index (χ3n) is 9.38. The number of benzene rings is 1. The van der Waals surface area contributed by atoms with Crippen LogP contribution in [0.25, 0.3) is 0 Å². The number of aliphatic hydroxyl groups excluding tert-OH is 1. The standard InChI is InChI=1S/C32H43N3O5/c1-6-12-22(4)34-18-11-16-32-26(29(38)35(27(32)30(34)39)24(20-36)21(2)3)25-28(37)33(17-10-15-31(25,5)40-32)19-23-13-8-7-9-14-23/h7-11,13-16,21-22,24-27,36H,6,12,17-20H2,1-5H3/t22?,24-,25+,26-,27?,31-,32-/m0/s1. The molecule has 2 unspecified atom stereocenters. The van der Waals surface area contributed by atoms with E-state index >= 15 is 0 Å². The van der Waals surface area contributed by atoms with Gasteiger partial charge in [-0.25, -0.2) is 0 Å². The van der Waals surface area contributed by atoms with Crippen molar-refractivity contribution < 1.29 is 24.2 Å². The minimum Gasteiger partial charge on any atom is -0.394 e. The first kappa shape index (κ1) is 28.6. The van der Waals surface area contributed by atoms with E-state index in [1.807, 2.05) is 87.2 Å². The summed E-state index contributed by atoms with van der Waals surface area (Å²) in [5.74, 6) is -2.42. The first-order valence-electron chi connectivity index (χ1n) is 14.7. The second-order valence-electron chi connectivity index (χ2n) is 12.4. The summed E-state index contributed by atoms with van der Waals surface area (Å²) < 4.78 is 6.92. The van der Waals surface area contributed by atoms with Gasteiger partial charge in [-0.15, -0.1) is 0 Å². The second-order valence-corrected chi connectivity index (χ2v) is 12.4. The number of aliphatic hydroxyl groups is 1. The topological polar surface area (TPSA) is 90.4 Å². The van der Waals surface area contributed by atoms with Gasteiger partial charge in [-0.2, -0.15) is 0 Å². The summed E-state index contributed by atoms with van der Waals surface area (Å²) in [6, 6.07) is 8.24. The fraction of sp³-hybridized carbons (Fsp3) is 0.594. The quantitative estimate of drug-likeness (QED) is 0.503. The number of hydrogen-bond acceptors (Lipinski definition) is 5. The average molecular weight is 550 g/mol. The molecule has 4 heterocycles. The number of amides is 3. The predicted molar refractivity (Wildman–Crippen MR) is 152 cm³/mol. The Morgan fingerprint density at radius 2 is 1.68 bits per heavy atom. The van der Waals surface area contributed by atoms with E-state index in [9.17, 15) is 19.5 Å². The van der Waals surface area contributed by atoms with Crippen LogP contribution in [0, 0.1) is 17.8 Å². The highest BCUT2D eigenvalue weighted by Crippen LogP contribution is 2.58. The molecule has 0 aliphatic carbocycles. The van der Waals surface area contributed by atoms with E-state index in [1.165, 1.54) is 0 Å². The zero-order valence-electron chi connectivity index (χ0n) is 24.3. The third kappa shape index (κ3) is 4.40. The molecule has 4 aliphatic heterocycles. The lowest BCUT2D eigenvalue weighted by Crippen LogP contribution is -2.60. The molecule has 0 saturated carbocycles. The van der Waals surface area contributed by atoms with Crippen molar-refractivity contribution in [1.29, 1.82) is 0 Å². The molecule has 0 radical (unpaired) electrons. The molecule has 8 heteroatoms. The van der Waals surface area contributed by atoms with Gasteiger partial charge in [-0.1, -0.05) is 81.8 Å². The molecule has 0 bridgehead atoms. The minimum absolute atomic E-state index is 0.0229. The summed E-state index contributed by atoms with van der Waals surface area (Å²) in [6.07, 6.45) is 9.43. The van der Waals surface area contributed by atoms with Crippen LogP contribution < -0.4 is 0 Å². The zero-order chi connectivity index (χ0) is 28.8. The lowest BCUT2D eigenvalue weighted by molar-refractivity contribution is -0.158. The number of fused-ring (bicyclic) bond motifs is 2. The zero-order valence-corrected chi connectivity index (χ0v) is 24.3. The third-order valence-corrected chi connectivity index (χ3v) is 9.38. The van der Waals surface area contributed by atoms with Crippen molar-refractivity contribution in [2.45, 2.75) is 83.3 Å². The van der Waals surface area contributed by atoms with Crippen LogP contribution in [-0.2, 0) is 25.7 Å². The summed E-state index contributed by atoms with van der Waals surface area (Å²) in [6.45, 7) is 10.8. The Kier molecular flexibility index (Phi) is 7.70. The highest BCUT2D eigenvalue weighted by Gasteiger charge is 2.75. The van der Waals surface area contributed by atoms with Crippen molar-refractivity contribution in [3.05, 3.63) is 60.2 Å².